The van der Waals surface area contributed by atoms with Gasteiger partial charge in [-0.1, -0.05) is 19.1 Å². The minimum atomic E-state index is -4.31. The highest BCUT2D eigenvalue weighted by atomic mass is 32.2. The van der Waals surface area contributed by atoms with Gasteiger partial charge in [0.05, 0.1) is 5.75 Å². The largest absolute Gasteiger partial charge is 0.398 e. The Morgan fingerprint density at radius 1 is 1.08 bits per heavy atom. The smallest absolute Gasteiger partial charge is 0.250 e. The Bertz CT molecular complexity index is 766. The number of benzene rings is 2. The lowest BCUT2D eigenvalue weighted by Gasteiger charge is -2.11. The number of alkyl halides is 3. The molecule has 0 aliphatic rings. The summed E-state index contributed by atoms with van der Waals surface area (Å²) in [5.41, 5.74) is 1.55. The third-order valence-electron chi connectivity index (χ3n) is 3.40. The fourth-order valence-corrected chi connectivity index (χ4v) is 2.98. The molecule has 0 aliphatic carbocycles. The SMILES string of the molecule is CCC(=Nc1cc(SCC(F)(F)F)c(C)cc1F)c1ccc(F)cc1. The fraction of sp³-hybridized carbons (Fsp3) is 0.278. The molecule has 0 bridgehead atoms. The monoisotopic (exact) mass is 373 g/mol. The third kappa shape index (κ3) is 5.56. The molecule has 7 heteroatoms. The molecule has 0 amide bonds. The first-order valence-corrected chi connectivity index (χ1v) is 8.51. The summed E-state index contributed by atoms with van der Waals surface area (Å²) in [6.07, 6.45) is -3.85. The summed E-state index contributed by atoms with van der Waals surface area (Å²) in [5.74, 6) is -2.06. The van der Waals surface area contributed by atoms with E-state index >= 15 is 0 Å². The summed E-state index contributed by atoms with van der Waals surface area (Å²) < 4.78 is 64.5. The molecule has 2 rings (SSSR count). The summed E-state index contributed by atoms with van der Waals surface area (Å²) >= 11 is 0.599. The highest BCUT2D eigenvalue weighted by molar-refractivity contribution is 7.99. The van der Waals surface area contributed by atoms with Crippen LogP contribution in [-0.2, 0) is 0 Å². The van der Waals surface area contributed by atoms with E-state index in [1.54, 1.807) is 6.92 Å². The van der Waals surface area contributed by atoms with Crippen LogP contribution in [-0.4, -0.2) is 17.6 Å². The fourth-order valence-electron chi connectivity index (χ4n) is 2.18. The zero-order chi connectivity index (χ0) is 18.6. The molecule has 0 spiro atoms. The summed E-state index contributed by atoms with van der Waals surface area (Å²) in [7, 11) is 0. The molecule has 134 valence electrons. The van der Waals surface area contributed by atoms with Crippen LogP contribution in [0.1, 0.15) is 24.5 Å². The van der Waals surface area contributed by atoms with Gasteiger partial charge in [-0.3, -0.25) is 0 Å². The van der Waals surface area contributed by atoms with Crippen molar-refractivity contribution in [2.24, 2.45) is 4.99 Å². The van der Waals surface area contributed by atoms with E-state index in [0.717, 1.165) is 0 Å². The minimum Gasteiger partial charge on any atom is -0.250 e. The van der Waals surface area contributed by atoms with Crippen molar-refractivity contribution < 1.29 is 22.0 Å². The van der Waals surface area contributed by atoms with Crippen LogP contribution in [0.4, 0.5) is 27.6 Å². The molecule has 0 N–H and O–H groups in total. The Morgan fingerprint density at radius 3 is 2.28 bits per heavy atom. The minimum absolute atomic E-state index is 0.0311. The second-order valence-electron chi connectivity index (χ2n) is 5.39. The van der Waals surface area contributed by atoms with Crippen LogP contribution < -0.4 is 0 Å². The molecule has 0 saturated carbocycles. The van der Waals surface area contributed by atoms with Crippen LogP contribution >= 0.6 is 11.8 Å². The molecule has 2 aromatic carbocycles. The lowest BCUT2D eigenvalue weighted by molar-refractivity contribution is -0.105. The first-order chi connectivity index (χ1) is 11.7. The van der Waals surface area contributed by atoms with Crippen LogP contribution in [0.25, 0.3) is 0 Å². The lowest BCUT2D eigenvalue weighted by atomic mass is 10.1. The molecular formula is C18H16F5NS. The van der Waals surface area contributed by atoms with Crippen LogP contribution in [0, 0.1) is 18.6 Å². The molecule has 1 nitrogen and oxygen atoms in total. The summed E-state index contributed by atoms with van der Waals surface area (Å²) in [6.45, 7) is 3.36. The number of thioether (sulfide) groups is 1. The maximum absolute atomic E-state index is 14.2. The van der Waals surface area contributed by atoms with E-state index in [0.29, 0.717) is 39.9 Å². The van der Waals surface area contributed by atoms with Crippen molar-refractivity contribution in [2.45, 2.75) is 31.3 Å². The third-order valence-corrected chi connectivity index (χ3v) is 4.63. The molecule has 25 heavy (non-hydrogen) atoms. The molecule has 0 radical (unpaired) electrons. The zero-order valence-corrected chi connectivity index (χ0v) is 14.4. The molecule has 2 aromatic rings. The quantitative estimate of drug-likeness (QED) is 0.333. The van der Waals surface area contributed by atoms with Crippen LogP contribution in [0.5, 0.6) is 0 Å². The Kier molecular flexibility index (Phi) is 6.21. The second-order valence-corrected chi connectivity index (χ2v) is 6.41. The van der Waals surface area contributed by atoms with Gasteiger partial charge in [0, 0.05) is 10.6 Å². The van der Waals surface area contributed by atoms with E-state index in [-0.39, 0.29) is 5.69 Å². The van der Waals surface area contributed by atoms with Crippen molar-refractivity contribution in [2.75, 3.05) is 5.75 Å². The summed E-state index contributed by atoms with van der Waals surface area (Å²) in [5, 5.41) is 0. The Labute approximate surface area is 147 Å². The van der Waals surface area contributed by atoms with Crippen LogP contribution in [0.15, 0.2) is 46.3 Å². The number of aliphatic imine (C=N–C) groups is 1. The number of hydrogen-bond acceptors (Lipinski definition) is 2. The predicted octanol–water partition coefficient (Wildman–Crippen LogP) is 6.46. The Hall–Kier alpha value is -1.89. The molecule has 0 atom stereocenters. The van der Waals surface area contributed by atoms with Gasteiger partial charge in [-0.2, -0.15) is 13.2 Å². The number of hydrogen-bond donors (Lipinski definition) is 0. The van der Waals surface area contributed by atoms with E-state index in [1.807, 2.05) is 6.92 Å². The van der Waals surface area contributed by atoms with E-state index < -0.39 is 23.6 Å². The van der Waals surface area contributed by atoms with Gasteiger partial charge >= 0.3 is 6.18 Å². The average molecular weight is 373 g/mol. The Balaban J connectivity index is 2.37. The maximum atomic E-state index is 14.2. The average Bonchev–Trinajstić information content (AvgIpc) is 2.53. The van der Waals surface area contributed by atoms with Gasteiger partial charge in [-0.25, -0.2) is 13.8 Å². The number of nitrogens with zero attached hydrogens (tertiary/aromatic N) is 1. The van der Waals surface area contributed by atoms with Crippen LogP contribution in [0.3, 0.4) is 0 Å². The summed E-state index contributed by atoms with van der Waals surface area (Å²) in [6, 6.07) is 8.11. The standard InChI is InChI=1S/C18H16F5NS/c1-3-15(12-4-6-13(19)7-5-12)24-16-9-17(11(2)8-14(16)20)25-10-18(21,22)23/h4-9H,3,10H2,1-2H3. The number of rotatable bonds is 5. The molecule has 0 fully saturated rings. The molecule has 0 aliphatic heterocycles. The molecule has 0 heterocycles. The molecule has 0 unspecified atom stereocenters. The van der Waals surface area contributed by atoms with Crippen LogP contribution in [0.2, 0.25) is 0 Å². The normalized spacial score (nSPS) is 12.5. The van der Waals surface area contributed by atoms with Gasteiger partial charge in [0.1, 0.15) is 17.3 Å². The highest BCUT2D eigenvalue weighted by Crippen LogP contribution is 2.33. The van der Waals surface area contributed by atoms with Gasteiger partial charge in [0.15, 0.2) is 0 Å². The highest BCUT2D eigenvalue weighted by Gasteiger charge is 2.27. The second kappa shape index (κ2) is 7.99. The van der Waals surface area contributed by atoms with Crippen molar-refractivity contribution in [3.05, 3.63) is 59.2 Å². The molecule has 0 saturated heterocycles. The summed E-state index contributed by atoms with van der Waals surface area (Å²) in [4.78, 5) is 4.57. The van der Waals surface area contributed by atoms with Crippen molar-refractivity contribution >= 4 is 23.2 Å². The van der Waals surface area contributed by atoms with Crippen molar-refractivity contribution in [1.82, 2.24) is 0 Å². The van der Waals surface area contributed by atoms with E-state index in [1.165, 1.54) is 36.4 Å². The maximum Gasteiger partial charge on any atom is 0.398 e. The van der Waals surface area contributed by atoms with Gasteiger partial charge in [-0.15, -0.1) is 11.8 Å². The van der Waals surface area contributed by atoms with Gasteiger partial charge < -0.3 is 0 Å². The van der Waals surface area contributed by atoms with Gasteiger partial charge in [-0.05, 0) is 48.7 Å². The van der Waals surface area contributed by atoms with Crippen molar-refractivity contribution in [3.63, 3.8) is 0 Å². The molecule has 0 aromatic heterocycles. The topological polar surface area (TPSA) is 12.4 Å². The van der Waals surface area contributed by atoms with Gasteiger partial charge in [0.2, 0.25) is 0 Å². The Morgan fingerprint density at radius 2 is 1.72 bits per heavy atom. The van der Waals surface area contributed by atoms with E-state index in [4.69, 9.17) is 0 Å². The number of aryl methyl sites for hydroxylation is 1. The number of halogens is 5. The van der Waals surface area contributed by atoms with E-state index in [2.05, 4.69) is 4.99 Å². The van der Waals surface area contributed by atoms with E-state index in [9.17, 15) is 22.0 Å². The predicted molar refractivity (Wildman–Crippen MR) is 90.8 cm³/mol. The van der Waals surface area contributed by atoms with Crippen molar-refractivity contribution in [3.8, 4) is 0 Å². The van der Waals surface area contributed by atoms with Gasteiger partial charge in [0.25, 0.3) is 0 Å². The molecular weight excluding hydrogens is 357 g/mol. The first-order valence-electron chi connectivity index (χ1n) is 7.53. The zero-order valence-electron chi connectivity index (χ0n) is 13.6. The first kappa shape index (κ1) is 19.4. The lowest BCUT2D eigenvalue weighted by Crippen LogP contribution is -2.10. The van der Waals surface area contributed by atoms with Crippen molar-refractivity contribution in [1.29, 1.82) is 0 Å².